The van der Waals surface area contributed by atoms with E-state index in [0.29, 0.717) is 32.0 Å². The quantitative estimate of drug-likeness (QED) is 0.641. The molecule has 0 fully saturated rings. The lowest BCUT2D eigenvalue weighted by molar-refractivity contribution is -0.142. The summed E-state index contributed by atoms with van der Waals surface area (Å²) >= 11 is 13.7. The zero-order valence-corrected chi connectivity index (χ0v) is 16.9. The number of fused-ring (bicyclic) bond motifs is 2. The maximum Gasteiger partial charge on any atom is 0.307 e. The average molecular weight is 437 g/mol. The van der Waals surface area contributed by atoms with Crippen molar-refractivity contribution in [1.82, 2.24) is 4.98 Å². The molecule has 1 aliphatic rings. The molecule has 0 aliphatic carbocycles. The minimum absolute atomic E-state index is 0.183. The minimum Gasteiger partial charge on any atom is -0.481 e. The molecule has 28 heavy (non-hydrogen) atoms. The highest BCUT2D eigenvalue weighted by molar-refractivity contribution is 7.18. The van der Waals surface area contributed by atoms with Crippen LogP contribution in [0.1, 0.15) is 17.0 Å². The Morgan fingerprint density at radius 1 is 1.32 bits per heavy atom. The second kappa shape index (κ2) is 7.24. The fourth-order valence-electron chi connectivity index (χ4n) is 3.07. The summed E-state index contributed by atoms with van der Waals surface area (Å²) in [6, 6.07) is 8.96. The molecule has 4 rings (SSSR count). The van der Waals surface area contributed by atoms with Crippen LogP contribution < -0.4 is 9.64 Å². The zero-order chi connectivity index (χ0) is 20.0. The van der Waals surface area contributed by atoms with Crippen LogP contribution in [0.25, 0.3) is 10.2 Å². The number of benzene rings is 2. The van der Waals surface area contributed by atoms with Gasteiger partial charge < -0.3 is 9.84 Å². The normalized spacial score (nSPS) is 16.2. The molecular weight excluding hydrogens is 423 g/mol. The summed E-state index contributed by atoms with van der Waals surface area (Å²) in [5.41, 5.74) is 2.13. The van der Waals surface area contributed by atoms with E-state index in [1.54, 1.807) is 12.1 Å². The van der Waals surface area contributed by atoms with E-state index in [9.17, 15) is 9.59 Å². The number of aromatic nitrogens is 1. The average Bonchev–Trinajstić information content (AvgIpc) is 3.05. The fraction of sp³-hybridized carbons (Fsp3) is 0.211. The second-order valence-electron chi connectivity index (χ2n) is 6.42. The number of rotatable bonds is 4. The fourth-order valence-corrected chi connectivity index (χ4v) is 4.45. The van der Waals surface area contributed by atoms with Gasteiger partial charge in [0.1, 0.15) is 16.3 Å². The molecular formula is C19H14Cl2N2O4S. The number of thiazole rings is 1. The zero-order valence-electron chi connectivity index (χ0n) is 14.6. The van der Waals surface area contributed by atoms with Crippen LogP contribution in [-0.2, 0) is 16.1 Å². The number of carbonyl (C=O) groups excluding carboxylic acids is 1. The lowest BCUT2D eigenvalue weighted by Crippen LogP contribution is -2.46. The minimum atomic E-state index is -1.10. The first kappa shape index (κ1) is 19.0. The number of carboxylic acids is 1. The Bertz CT molecular complexity index is 1110. The van der Waals surface area contributed by atoms with Crippen LogP contribution in [0.15, 0.2) is 30.3 Å². The SMILES string of the molecule is Cc1ccc2c(c1)N(Cc1nc3c(Cl)c(Cl)ccc3s1)C(=O)C(CC(=O)O)O2. The highest BCUT2D eigenvalue weighted by Gasteiger charge is 2.36. The molecule has 2 heterocycles. The van der Waals surface area contributed by atoms with Crippen LogP contribution in [-0.4, -0.2) is 28.1 Å². The van der Waals surface area contributed by atoms with E-state index in [4.69, 9.17) is 33.0 Å². The number of carbonyl (C=O) groups is 2. The molecule has 0 saturated heterocycles. The molecule has 0 saturated carbocycles. The summed E-state index contributed by atoms with van der Waals surface area (Å²) in [5, 5.41) is 10.6. The van der Waals surface area contributed by atoms with Crippen molar-refractivity contribution in [1.29, 1.82) is 0 Å². The Morgan fingerprint density at radius 2 is 2.11 bits per heavy atom. The summed E-state index contributed by atoms with van der Waals surface area (Å²) in [6.07, 6.45) is -1.50. The molecule has 2 aromatic carbocycles. The van der Waals surface area contributed by atoms with Crippen molar-refractivity contribution >= 4 is 62.3 Å². The molecule has 1 aliphatic heterocycles. The van der Waals surface area contributed by atoms with Crippen molar-refractivity contribution in [2.45, 2.75) is 26.0 Å². The standard InChI is InChI=1S/C19H14Cl2N2O4S/c1-9-2-4-12-11(6-9)23(19(26)13(27-12)7-16(24)25)8-15-22-18-14(28-15)5-3-10(20)17(18)21/h2-6,13H,7-8H2,1H3,(H,24,25). The van der Waals surface area contributed by atoms with Gasteiger partial charge in [-0.3, -0.25) is 14.5 Å². The van der Waals surface area contributed by atoms with E-state index in [2.05, 4.69) is 4.98 Å². The second-order valence-corrected chi connectivity index (χ2v) is 8.32. The Morgan fingerprint density at radius 3 is 2.86 bits per heavy atom. The molecule has 1 N–H and O–H groups in total. The number of aryl methyl sites for hydroxylation is 1. The summed E-state index contributed by atoms with van der Waals surface area (Å²) in [5.74, 6) is -1.04. The van der Waals surface area contributed by atoms with E-state index < -0.39 is 24.4 Å². The molecule has 1 amide bonds. The summed E-state index contributed by atoms with van der Waals surface area (Å²) in [4.78, 5) is 30.1. The van der Waals surface area contributed by atoms with Crippen LogP contribution in [0.2, 0.25) is 10.0 Å². The van der Waals surface area contributed by atoms with Crippen LogP contribution in [0.5, 0.6) is 5.75 Å². The number of ether oxygens (including phenoxy) is 1. The van der Waals surface area contributed by atoms with Gasteiger partial charge in [-0.25, -0.2) is 4.98 Å². The Hall–Kier alpha value is -2.35. The number of halogens is 2. The van der Waals surface area contributed by atoms with Crippen molar-refractivity contribution in [2.75, 3.05) is 4.90 Å². The Labute approximate surface area is 174 Å². The van der Waals surface area contributed by atoms with Crippen molar-refractivity contribution in [2.24, 2.45) is 0 Å². The van der Waals surface area contributed by atoms with E-state index in [1.165, 1.54) is 16.2 Å². The van der Waals surface area contributed by atoms with Crippen LogP contribution in [0, 0.1) is 6.92 Å². The Balaban J connectivity index is 1.74. The predicted octanol–water partition coefficient (Wildman–Crippen LogP) is 4.68. The monoisotopic (exact) mass is 436 g/mol. The van der Waals surface area contributed by atoms with Gasteiger partial charge in [0.05, 0.1) is 33.4 Å². The molecule has 1 aromatic heterocycles. The molecule has 9 heteroatoms. The van der Waals surface area contributed by atoms with Crippen LogP contribution >= 0.6 is 34.5 Å². The molecule has 0 spiro atoms. The highest BCUT2D eigenvalue weighted by Crippen LogP contribution is 2.38. The van der Waals surface area contributed by atoms with Gasteiger partial charge in [0.25, 0.3) is 5.91 Å². The number of aliphatic carboxylic acids is 1. The number of hydrogen-bond donors (Lipinski definition) is 1. The van der Waals surface area contributed by atoms with Crippen LogP contribution in [0.4, 0.5) is 5.69 Å². The van der Waals surface area contributed by atoms with Gasteiger partial charge in [-0.1, -0.05) is 29.3 Å². The lowest BCUT2D eigenvalue weighted by Gasteiger charge is -2.33. The summed E-state index contributed by atoms with van der Waals surface area (Å²) in [6.45, 7) is 2.09. The highest BCUT2D eigenvalue weighted by atomic mass is 35.5. The largest absolute Gasteiger partial charge is 0.481 e. The third kappa shape index (κ3) is 3.41. The van der Waals surface area contributed by atoms with E-state index in [1.807, 2.05) is 25.1 Å². The van der Waals surface area contributed by atoms with Gasteiger partial charge in [0.2, 0.25) is 0 Å². The maximum absolute atomic E-state index is 12.9. The smallest absolute Gasteiger partial charge is 0.307 e. The van der Waals surface area contributed by atoms with E-state index >= 15 is 0 Å². The van der Waals surface area contributed by atoms with E-state index in [-0.39, 0.29) is 6.54 Å². The molecule has 1 unspecified atom stereocenters. The van der Waals surface area contributed by atoms with Crippen molar-refractivity contribution in [3.8, 4) is 5.75 Å². The van der Waals surface area contributed by atoms with Crippen molar-refractivity contribution in [3.63, 3.8) is 0 Å². The van der Waals surface area contributed by atoms with Gasteiger partial charge in [-0.15, -0.1) is 11.3 Å². The van der Waals surface area contributed by atoms with Crippen LogP contribution in [0.3, 0.4) is 0 Å². The maximum atomic E-state index is 12.9. The van der Waals surface area contributed by atoms with Gasteiger partial charge in [0.15, 0.2) is 6.10 Å². The first-order chi connectivity index (χ1) is 13.3. The number of anilines is 1. The summed E-state index contributed by atoms with van der Waals surface area (Å²) in [7, 11) is 0. The molecule has 144 valence electrons. The third-order valence-electron chi connectivity index (χ3n) is 4.37. The molecule has 3 aromatic rings. The van der Waals surface area contributed by atoms with Gasteiger partial charge in [-0.2, -0.15) is 0 Å². The van der Waals surface area contributed by atoms with Gasteiger partial charge in [0, 0.05) is 0 Å². The van der Waals surface area contributed by atoms with E-state index in [0.717, 1.165) is 10.3 Å². The topological polar surface area (TPSA) is 79.7 Å². The molecule has 1 atom stereocenters. The number of hydrogen-bond acceptors (Lipinski definition) is 5. The molecule has 0 radical (unpaired) electrons. The summed E-state index contributed by atoms with van der Waals surface area (Å²) < 4.78 is 6.50. The number of carboxylic acid groups (broad SMARTS) is 1. The third-order valence-corrected chi connectivity index (χ3v) is 6.17. The Kier molecular flexibility index (Phi) is 4.91. The first-order valence-corrected chi connectivity index (χ1v) is 9.94. The molecule has 0 bridgehead atoms. The number of amides is 1. The number of nitrogens with zero attached hydrogens (tertiary/aromatic N) is 2. The predicted molar refractivity (Wildman–Crippen MR) is 109 cm³/mol. The molecule has 6 nitrogen and oxygen atoms in total. The first-order valence-electron chi connectivity index (χ1n) is 8.37. The van der Waals surface area contributed by atoms with Gasteiger partial charge >= 0.3 is 5.97 Å². The lowest BCUT2D eigenvalue weighted by atomic mass is 10.1. The van der Waals surface area contributed by atoms with Gasteiger partial charge in [-0.05, 0) is 36.8 Å². The van der Waals surface area contributed by atoms with Crippen molar-refractivity contribution in [3.05, 3.63) is 50.9 Å². The van der Waals surface area contributed by atoms with Crippen molar-refractivity contribution < 1.29 is 19.4 Å².